The van der Waals surface area contributed by atoms with Crippen molar-refractivity contribution in [1.29, 1.82) is 0 Å². The van der Waals surface area contributed by atoms with E-state index in [2.05, 4.69) is 69.1 Å². The molecule has 5 nitrogen and oxygen atoms in total. The highest BCUT2D eigenvalue weighted by Gasteiger charge is 2.31. The molecule has 2 unspecified atom stereocenters. The summed E-state index contributed by atoms with van der Waals surface area (Å²) >= 11 is 1.79. The van der Waals surface area contributed by atoms with Crippen molar-refractivity contribution in [3.8, 4) is 0 Å². The number of tetrazole rings is 1. The molecule has 1 saturated heterocycles. The van der Waals surface area contributed by atoms with Crippen LogP contribution in [-0.4, -0.2) is 38.2 Å². The lowest BCUT2D eigenvalue weighted by molar-refractivity contribution is 0.144. The largest absolute Gasteiger partial charge is 0.289 e. The molecule has 0 saturated carbocycles. The van der Waals surface area contributed by atoms with Gasteiger partial charge in [-0.05, 0) is 52.7 Å². The van der Waals surface area contributed by atoms with Crippen LogP contribution in [0.1, 0.15) is 42.1 Å². The zero-order chi connectivity index (χ0) is 17.1. The fourth-order valence-corrected chi connectivity index (χ4v) is 4.51. The van der Waals surface area contributed by atoms with Gasteiger partial charge in [0.1, 0.15) is 6.04 Å². The Morgan fingerprint density at radius 3 is 2.84 bits per heavy atom. The number of benzene rings is 1. The van der Waals surface area contributed by atoms with Gasteiger partial charge in [0.05, 0.1) is 6.54 Å². The lowest BCUT2D eigenvalue weighted by atomic mass is 9.98. The monoisotopic (exact) mass is 353 g/mol. The molecule has 0 radical (unpaired) electrons. The minimum atomic E-state index is 0.140. The van der Waals surface area contributed by atoms with E-state index in [1.807, 2.05) is 10.7 Å². The minimum Gasteiger partial charge on any atom is -0.289 e. The molecular formula is C19H23N5S. The molecule has 6 heteroatoms. The summed E-state index contributed by atoms with van der Waals surface area (Å²) in [7, 11) is 0. The van der Waals surface area contributed by atoms with Gasteiger partial charge >= 0.3 is 0 Å². The third-order valence-corrected chi connectivity index (χ3v) is 5.77. The molecule has 2 atom stereocenters. The van der Waals surface area contributed by atoms with Crippen molar-refractivity contribution in [3.63, 3.8) is 0 Å². The van der Waals surface area contributed by atoms with Crippen LogP contribution in [0.4, 0.5) is 0 Å². The quantitative estimate of drug-likeness (QED) is 0.703. The fourth-order valence-electron chi connectivity index (χ4n) is 3.65. The Hall–Kier alpha value is -2.05. The lowest BCUT2D eigenvalue weighted by Crippen LogP contribution is -2.38. The maximum atomic E-state index is 4.44. The van der Waals surface area contributed by atoms with Crippen molar-refractivity contribution in [2.75, 3.05) is 13.1 Å². The van der Waals surface area contributed by atoms with Gasteiger partial charge in [0.15, 0.2) is 5.82 Å². The van der Waals surface area contributed by atoms with E-state index in [1.54, 1.807) is 11.3 Å². The standard InChI is InChI=1S/C19H23N5S/c1-15-7-5-11-23(13-15)18(17-10-6-12-25-17)19-20-21-22-24(19)14-16-8-3-2-4-9-16/h2-4,6,8-10,12,15,18H,5,7,11,13-14H2,1H3. The molecular weight excluding hydrogens is 330 g/mol. The van der Waals surface area contributed by atoms with E-state index >= 15 is 0 Å². The highest BCUT2D eigenvalue weighted by molar-refractivity contribution is 7.10. The smallest absolute Gasteiger partial charge is 0.174 e. The van der Waals surface area contributed by atoms with Crippen molar-refractivity contribution < 1.29 is 0 Å². The Morgan fingerprint density at radius 1 is 1.20 bits per heavy atom. The molecule has 1 aromatic carbocycles. The Labute approximate surface area is 152 Å². The summed E-state index contributed by atoms with van der Waals surface area (Å²) in [5.74, 6) is 1.66. The molecule has 0 amide bonds. The molecule has 0 bridgehead atoms. The van der Waals surface area contributed by atoms with Crippen LogP contribution in [0.3, 0.4) is 0 Å². The summed E-state index contributed by atoms with van der Waals surface area (Å²) < 4.78 is 1.96. The highest BCUT2D eigenvalue weighted by atomic mass is 32.1. The molecule has 3 aromatic rings. The maximum absolute atomic E-state index is 4.44. The normalized spacial score (nSPS) is 19.8. The predicted molar refractivity (Wildman–Crippen MR) is 99.5 cm³/mol. The number of rotatable bonds is 5. The van der Waals surface area contributed by atoms with Crippen LogP contribution >= 0.6 is 11.3 Å². The molecule has 4 rings (SSSR count). The van der Waals surface area contributed by atoms with Crippen LogP contribution in [0.15, 0.2) is 47.8 Å². The second-order valence-electron chi connectivity index (χ2n) is 6.84. The third kappa shape index (κ3) is 3.65. The highest BCUT2D eigenvalue weighted by Crippen LogP contribution is 2.33. The molecule has 1 aliphatic rings. The zero-order valence-corrected chi connectivity index (χ0v) is 15.3. The first-order valence-corrected chi connectivity index (χ1v) is 9.76. The number of piperidine rings is 1. The zero-order valence-electron chi connectivity index (χ0n) is 14.5. The van der Waals surface area contributed by atoms with Crippen LogP contribution in [0.25, 0.3) is 0 Å². The van der Waals surface area contributed by atoms with Crippen LogP contribution in [0.2, 0.25) is 0 Å². The van der Waals surface area contributed by atoms with E-state index < -0.39 is 0 Å². The predicted octanol–water partition coefficient (Wildman–Crippen LogP) is 3.60. The molecule has 25 heavy (non-hydrogen) atoms. The number of nitrogens with zero attached hydrogens (tertiary/aromatic N) is 5. The van der Waals surface area contributed by atoms with Crippen molar-refractivity contribution >= 4 is 11.3 Å². The van der Waals surface area contributed by atoms with Crippen LogP contribution in [0, 0.1) is 5.92 Å². The van der Waals surface area contributed by atoms with Crippen molar-refractivity contribution in [3.05, 3.63) is 64.1 Å². The summed E-state index contributed by atoms with van der Waals surface area (Å²) in [5.41, 5.74) is 1.22. The van der Waals surface area contributed by atoms with Gasteiger partial charge in [-0.3, -0.25) is 4.90 Å². The minimum absolute atomic E-state index is 0.140. The lowest BCUT2D eigenvalue weighted by Gasteiger charge is -2.36. The van der Waals surface area contributed by atoms with E-state index in [-0.39, 0.29) is 6.04 Å². The molecule has 0 N–H and O–H groups in total. The SMILES string of the molecule is CC1CCCN(C(c2cccs2)c2nnnn2Cc2ccccc2)C1. The van der Waals surface area contributed by atoms with Gasteiger partial charge in [-0.1, -0.05) is 43.3 Å². The Balaban J connectivity index is 1.67. The number of hydrogen-bond acceptors (Lipinski definition) is 5. The summed E-state index contributed by atoms with van der Waals surface area (Å²) in [6.45, 7) is 5.24. The van der Waals surface area contributed by atoms with E-state index in [0.29, 0.717) is 6.54 Å². The number of hydrogen-bond donors (Lipinski definition) is 0. The Kier molecular flexibility index (Phi) is 4.90. The third-order valence-electron chi connectivity index (χ3n) is 4.85. The molecule has 1 aliphatic heterocycles. The molecule has 130 valence electrons. The second-order valence-corrected chi connectivity index (χ2v) is 7.82. The van der Waals surface area contributed by atoms with Gasteiger partial charge in [-0.25, -0.2) is 4.68 Å². The molecule has 0 aliphatic carbocycles. The van der Waals surface area contributed by atoms with Crippen molar-refractivity contribution in [1.82, 2.24) is 25.1 Å². The average molecular weight is 353 g/mol. The first-order chi connectivity index (χ1) is 12.3. The Morgan fingerprint density at radius 2 is 2.08 bits per heavy atom. The molecule has 2 aromatic heterocycles. The second kappa shape index (κ2) is 7.45. The van der Waals surface area contributed by atoms with Gasteiger partial charge in [0, 0.05) is 11.4 Å². The summed E-state index contributed by atoms with van der Waals surface area (Å²) in [5, 5.41) is 14.9. The maximum Gasteiger partial charge on any atom is 0.174 e. The van der Waals surface area contributed by atoms with Gasteiger partial charge in [0.25, 0.3) is 0 Å². The van der Waals surface area contributed by atoms with Crippen molar-refractivity contribution in [2.24, 2.45) is 5.92 Å². The van der Waals surface area contributed by atoms with Crippen LogP contribution in [0.5, 0.6) is 0 Å². The number of thiophene rings is 1. The first-order valence-electron chi connectivity index (χ1n) is 8.88. The van der Waals surface area contributed by atoms with Gasteiger partial charge < -0.3 is 0 Å². The average Bonchev–Trinajstić information content (AvgIpc) is 3.30. The van der Waals surface area contributed by atoms with Gasteiger partial charge in [0.2, 0.25) is 0 Å². The van der Waals surface area contributed by atoms with E-state index in [9.17, 15) is 0 Å². The topological polar surface area (TPSA) is 46.8 Å². The summed E-state index contributed by atoms with van der Waals surface area (Å²) in [6.07, 6.45) is 2.55. The fraction of sp³-hybridized carbons (Fsp3) is 0.421. The summed E-state index contributed by atoms with van der Waals surface area (Å²) in [6, 6.07) is 14.9. The van der Waals surface area contributed by atoms with E-state index in [4.69, 9.17) is 0 Å². The summed E-state index contributed by atoms with van der Waals surface area (Å²) in [4.78, 5) is 3.87. The van der Waals surface area contributed by atoms with Gasteiger partial charge in [-0.15, -0.1) is 16.4 Å². The van der Waals surface area contributed by atoms with E-state index in [1.165, 1.54) is 23.3 Å². The van der Waals surface area contributed by atoms with E-state index in [0.717, 1.165) is 24.8 Å². The van der Waals surface area contributed by atoms with Crippen LogP contribution < -0.4 is 0 Å². The molecule has 3 heterocycles. The number of aromatic nitrogens is 4. The van der Waals surface area contributed by atoms with Gasteiger partial charge in [-0.2, -0.15) is 0 Å². The first kappa shape index (κ1) is 16.4. The molecule has 1 fully saturated rings. The van der Waals surface area contributed by atoms with Crippen LogP contribution in [-0.2, 0) is 6.54 Å². The van der Waals surface area contributed by atoms with Crippen molar-refractivity contribution in [2.45, 2.75) is 32.4 Å². The Bertz CT molecular complexity index is 783. The molecule has 0 spiro atoms. The number of likely N-dealkylation sites (tertiary alicyclic amines) is 1.